The van der Waals surface area contributed by atoms with Crippen molar-refractivity contribution >= 4 is 16.8 Å². The molecule has 0 bridgehead atoms. The molecule has 6 heteroatoms. The molecular weight excluding hydrogens is 380 g/mol. The van der Waals surface area contributed by atoms with Crippen molar-refractivity contribution in [2.75, 3.05) is 20.2 Å². The number of fused-ring (bicyclic) bond motifs is 2. The van der Waals surface area contributed by atoms with E-state index in [2.05, 4.69) is 4.98 Å². The maximum atomic E-state index is 13.1. The summed E-state index contributed by atoms with van der Waals surface area (Å²) in [6, 6.07) is 15.3. The molecule has 0 unspecified atom stereocenters. The summed E-state index contributed by atoms with van der Waals surface area (Å²) in [4.78, 5) is 18.2. The fraction of sp³-hybridized carbons (Fsp3) is 0.375. The van der Waals surface area contributed by atoms with E-state index in [4.69, 9.17) is 9.47 Å². The minimum Gasteiger partial charge on any atom is -0.493 e. The quantitative estimate of drug-likeness (QED) is 0.696. The number of aliphatic hydroxyl groups is 1. The van der Waals surface area contributed by atoms with Crippen LogP contribution in [0.25, 0.3) is 10.9 Å². The number of methoxy groups -OCH3 is 1. The molecule has 156 valence electrons. The highest BCUT2D eigenvalue weighted by Crippen LogP contribution is 2.39. The van der Waals surface area contributed by atoms with Crippen LogP contribution in [0, 0.1) is 11.8 Å². The third kappa shape index (κ3) is 3.41. The first-order chi connectivity index (χ1) is 14.6. The lowest BCUT2D eigenvalue weighted by molar-refractivity contribution is -0.0240. The van der Waals surface area contributed by atoms with Gasteiger partial charge in [0.2, 0.25) is 0 Å². The number of nitrogens with one attached hydrogen (secondary N) is 1. The van der Waals surface area contributed by atoms with Crippen molar-refractivity contribution < 1.29 is 19.4 Å². The summed E-state index contributed by atoms with van der Waals surface area (Å²) < 4.78 is 11.5. The molecule has 2 N–H and O–H groups in total. The zero-order chi connectivity index (χ0) is 20.7. The number of likely N-dealkylation sites (tertiary alicyclic amines) is 1. The van der Waals surface area contributed by atoms with Gasteiger partial charge in [-0.25, -0.2) is 0 Å². The van der Waals surface area contributed by atoms with E-state index in [0.717, 1.165) is 17.3 Å². The van der Waals surface area contributed by atoms with Crippen molar-refractivity contribution in [3.63, 3.8) is 0 Å². The number of aliphatic hydroxyl groups excluding tert-OH is 1. The predicted octanol–water partition coefficient (Wildman–Crippen LogP) is 3.47. The van der Waals surface area contributed by atoms with E-state index < -0.39 is 6.10 Å². The van der Waals surface area contributed by atoms with E-state index >= 15 is 0 Å². The number of H-pyrrole nitrogens is 1. The maximum Gasteiger partial charge on any atom is 0.253 e. The van der Waals surface area contributed by atoms with E-state index in [-0.39, 0.29) is 12.0 Å². The number of amides is 1. The molecular formula is C24H26N2O4. The second kappa shape index (κ2) is 7.69. The molecule has 2 aliphatic rings. The van der Waals surface area contributed by atoms with Crippen molar-refractivity contribution in [3.8, 4) is 11.5 Å². The summed E-state index contributed by atoms with van der Waals surface area (Å²) in [6.07, 6.45) is 2.40. The second-order valence-corrected chi connectivity index (χ2v) is 8.36. The molecule has 4 atom stereocenters. The minimum atomic E-state index is -0.553. The van der Waals surface area contributed by atoms with Crippen LogP contribution in [0.3, 0.4) is 0 Å². The summed E-state index contributed by atoms with van der Waals surface area (Å²) in [5.41, 5.74) is 1.74. The van der Waals surface area contributed by atoms with Gasteiger partial charge in [-0.05, 0) is 61.1 Å². The zero-order valence-corrected chi connectivity index (χ0v) is 17.0. The Hall–Kier alpha value is -2.99. The average molecular weight is 406 g/mol. The summed E-state index contributed by atoms with van der Waals surface area (Å²) in [6.45, 7) is 1.39. The Bertz CT molecular complexity index is 1060. The summed E-state index contributed by atoms with van der Waals surface area (Å²) in [7, 11) is 1.61. The second-order valence-electron chi connectivity index (χ2n) is 8.36. The van der Waals surface area contributed by atoms with E-state index in [1.165, 1.54) is 0 Å². The van der Waals surface area contributed by atoms with Crippen LogP contribution in [0.5, 0.6) is 11.5 Å². The van der Waals surface area contributed by atoms with Crippen LogP contribution in [0.4, 0.5) is 0 Å². The van der Waals surface area contributed by atoms with Crippen molar-refractivity contribution in [1.29, 1.82) is 0 Å². The molecule has 6 nitrogen and oxygen atoms in total. The molecule has 30 heavy (non-hydrogen) atoms. The Labute approximate surface area is 175 Å². The number of carbonyl (C=O) groups is 1. The van der Waals surface area contributed by atoms with E-state index in [9.17, 15) is 9.90 Å². The number of hydrogen-bond acceptors (Lipinski definition) is 4. The molecule has 1 aliphatic carbocycles. The van der Waals surface area contributed by atoms with Crippen molar-refractivity contribution in [2.24, 2.45) is 11.8 Å². The molecule has 1 amide bonds. The number of nitrogens with zero attached hydrogens (tertiary/aromatic N) is 1. The molecule has 5 rings (SSSR count). The summed E-state index contributed by atoms with van der Waals surface area (Å²) >= 11 is 0. The topological polar surface area (TPSA) is 74.8 Å². The molecule has 3 aromatic rings. The molecule has 2 aromatic carbocycles. The predicted molar refractivity (Wildman–Crippen MR) is 114 cm³/mol. The number of ether oxygens (including phenoxy) is 2. The van der Waals surface area contributed by atoms with Gasteiger partial charge in [0.05, 0.1) is 13.2 Å². The van der Waals surface area contributed by atoms with Crippen molar-refractivity contribution in [2.45, 2.75) is 25.0 Å². The number of para-hydroxylation sites is 2. The van der Waals surface area contributed by atoms with E-state index in [0.29, 0.717) is 48.4 Å². The Morgan fingerprint density at radius 1 is 1.07 bits per heavy atom. The minimum absolute atomic E-state index is 0.0594. The van der Waals surface area contributed by atoms with Gasteiger partial charge in [0.1, 0.15) is 6.10 Å². The third-order valence-corrected chi connectivity index (χ3v) is 6.52. The fourth-order valence-electron chi connectivity index (χ4n) is 4.93. The average Bonchev–Trinajstić information content (AvgIpc) is 3.39. The number of rotatable bonds is 4. The van der Waals surface area contributed by atoms with Gasteiger partial charge >= 0.3 is 0 Å². The fourth-order valence-corrected chi connectivity index (χ4v) is 4.93. The molecule has 1 aliphatic heterocycles. The lowest BCUT2D eigenvalue weighted by Gasteiger charge is -2.35. The molecule has 1 saturated carbocycles. The van der Waals surface area contributed by atoms with E-state index in [1.807, 2.05) is 59.6 Å². The normalized spacial score (nSPS) is 25.9. The smallest absolute Gasteiger partial charge is 0.253 e. The van der Waals surface area contributed by atoms with Crippen LogP contribution in [0.1, 0.15) is 23.2 Å². The van der Waals surface area contributed by atoms with Gasteiger partial charge in [0.15, 0.2) is 11.5 Å². The Morgan fingerprint density at radius 3 is 2.63 bits per heavy atom. The summed E-state index contributed by atoms with van der Waals surface area (Å²) in [5, 5.41) is 11.7. The number of aromatic nitrogens is 1. The number of carbonyl (C=O) groups excluding carboxylic acids is 1. The van der Waals surface area contributed by atoms with Gasteiger partial charge in [-0.3, -0.25) is 4.79 Å². The SMILES string of the molecule is COc1ccccc1O[C@@H]1C[C@@H]2CN(C(=O)c3ccc4[nH]ccc4c3)C[C@@H]2C[C@H]1O. The Kier molecular flexibility index (Phi) is 4.87. The lowest BCUT2D eigenvalue weighted by Crippen LogP contribution is -2.42. The summed E-state index contributed by atoms with van der Waals surface area (Å²) in [5.74, 6) is 2.00. The maximum absolute atomic E-state index is 13.1. The first-order valence-electron chi connectivity index (χ1n) is 10.5. The highest BCUT2D eigenvalue weighted by atomic mass is 16.5. The Morgan fingerprint density at radius 2 is 1.83 bits per heavy atom. The molecule has 2 heterocycles. The number of aromatic amines is 1. The van der Waals surface area contributed by atoms with Gasteiger partial charge in [-0.2, -0.15) is 0 Å². The first-order valence-corrected chi connectivity index (χ1v) is 10.5. The van der Waals surface area contributed by atoms with Crippen LogP contribution in [0.15, 0.2) is 54.7 Å². The largest absolute Gasteiger partial charge is 0.493 e. The third-order valence-electron chi connectivity index (χ3n) is 6.52. The van der Waals surface area contributed by atoms with Crippen molar-refractivity contribution in [3.05, 3.63) is 60.3 Å². The monoisotopic (exact) mass is 406 g/mol. The van der Waals surface area contributed by atoms with Crippen LogP contribution >= 0.6 is 0 Å². The molecule has 1 saturated heterocycles. The molecule has 1 aromatic heterocycles. The molecule has 0 radical (unpaired) electrons. The van der Waals surface area contributed by atoms with Gasteiger partial charge in [0, 0.05) is 35.8 Å². The van der Waals surface area contributed by atoms with Gasteiger partial charge in [-0.1, -0.05) is 12.1 Å². The van der Waals surface area contributed by atoms with Gasteiger partial charge in [-0.15, -0.1) is 0 Å². The number of hydrogen-bond donors (Lipinski definition) is 2. The van der Waals surface area contributed by atoms with Crippen LogP contribution in [-0.4, -0.2) is 53.3 Å². The van der Waals surface area contributed by atoms with Crippen LogP contribution < -0.4 is 9.47 Å². The standard InChI is InChI=1S/C24H26N2O4/c1-29-21-4-2-3-5-22(21)30-23-12-18-14-26(13-17(18)11-20(23)27)24(28)16-6-7-19-15(10-16)8-9-25-19/h2-10,17-18,20,23,25,27H,11-14H2,1H3/t17-,18+,20+,23+/m0/s1. The highest BCUT2D eigenvalue weighted by Gasteiger charge is 2.44. The van der Waals surface area contributed by atoms with E-state index in [1.54, 1.807) is 7.11 Å². The Balaban J connectivity index is 1.28. The van der Waals surface area contributed by atoms with Gasteiger partial charge < -0.3 is 24.5 Å². The van der Waals surface area contributed by atoms with Crippen LogP contribution in [0.2, 0.25) is 0 Å². The van der Waals surface area contributed by atoms with Crippen molar-refractivity contribution in [1.82, 2.24) is 9.88 Å². The highest BCUT2D eigenvalue weighted by molar-refractivity contribution is 5.98. The molecule has 0 spiro atoms. The first kappa shape index (κ1) is 19.0. The zero-order valence-electron chi connectivity index (χ0n) is 17.0. The molecule has 2 fully saturated rings. The van der Waals surface area contributed by atoms with Crippen LogP contribution in [-0.2, 0) is 0 Å². The lowest BCUT2D eigenvalue weighted by atomic mass is 9.78. The van der Waals surface area contributed by atoms with Gasteiger partial charge in [0.25, 0.3) is 5.91 Å². The number of benzene rings is 2.